The summed E-state index contributed by atoms with van der Waals surface area (Å²) in [5, 5.41) is 0. The lowest BCUT2D eigenvalue weighted by atomic mass is 10.1. The summed E-state index contributed by atoms with van der Waals surface area (Å²) in [4.78, 5) is 14.4. The SMILES string of the molecule is CCCCOc1ccc(C(=O)N2CCC(CCN)C2)cc1. The predicted octanol–water partition coefficient (Wildman–Crippen LogP) is 2.68. The molecule has 0 aromatic heterocycles. The fourth-order valence-electron chi connectivity index (χ4n) is 2.70. The second kappa shape index (κ2) is 8.03. The van der Waals surface area contributed by atoms with Crippen LogP contribution in [0.2, 0.25) is 0 Å². The highest BCUT2D eigenvalue weighted by atomic mass is 16.5. The molecule has 1 unspecified atom stereocenters. The summed E-state index contributed by atoms with van der Waals surface area (Å²) >= 11 is 0. The lowest BCUT2D eigenvalue weighted by Crippen LogP contribution is -2.28. The summed E-state index contributed by atoms with van der Waals surface area (Å²) in [6.07, 6.45) is 4.25. The average molecular weight is 290 g/mol. The molecule has 0 radical (unpaired) electrons. The van der Waals surface area contributed by atoms with E-state index in [1.165, 1.54) is 0 Å². The van der Waals surface area contributed by atoms with Crippen LogP contribution in [0.15, 0.2) is 24.3 Å². The van der Waals surface area contributed by atoms with Crippen LogP contribution in [-0.2, 0) is 0 Å². The minimum Gasteiger partial charge on any atom is -0.494 e. The van der Waals surface area contributed by atoms with Crippen molar-refractivity contribution in [2.45, 2.75) is 32.6 Å². The van der Waals surface area contributed by atoms with Gasteiger partial charge in [0.25, 0.3) is 5.91 Å². The number of unbranched alkanes of at least 4 members (excludes halogenated alkanes) is 1. The Labute approximate surface area is 127 Å². The Hall–Kier alpha value is -1.55. The molecular formula is C17H26N2O2. The minimum absolute atomic E-state index is 0.120. The van der Waals surface area contributed by atoms with Gasteiger partial charge in [-0.1, -0.05) is 13.3 Å². The molecular weight excluding hydrogens is 264 g/mol. The van der Waals surface area contributed by atoms with Gasteiger partial charge >= 0.3 is 0 Å². The molecule has 1 aromatic rings. The molecule has 0 bridgehead atoms. The number of amides is 1. The Bertz CT molecular complexity index is 445. The maximum absolute atomic E-state index is 12.4. The number of carbonyl (C=O) groups excluding carboxylic acids is 1. The van der Waals surface area contributed by atoms with Crippen molar-refractivity contribution in [3.63, 3.8) is 0 Å². The van der Waals surface area contributed by atoms with Crippen molar-refractivity contribution < 1.29 is 9.53 Å². The topological polar surface area (TPSA) is 55.6 Å². The Balaban J connectivity index is 1.88. The first-order chi connectivity index (χ1) is 10.2. The first-order valence-electron chi connectivity index (χ1n) is 7.96. The van der Waals surface area contributed by atoms with E-state index in [0.29, 0.717) is 12.5 Å². The molecule has 1 aliphatic rings. The molecule has 1 heterocycles. The normalized spacial score (nSPS) is 18.0. The van der Waals surface area contributed by atoms with Gasteiger partial charge in [0, 0.05) is 18.7 Å². The first-order valence-corrected chi connectivity index (χ1v) is 7.96. The van der Waals surface area contributed by atoms with E-state index in [2.05, 4.69) is 6.92 Å². The average Bonchev–Trinajstić information content (AvgIpc) is 2.97. The number of hydrogen-bond donors (Lipinski definition) is 1. The molecule has 1 saturated heterocycles. The van der Waals surface area contributed by atoms with Gasteiger partial charge in [-0.05, 0) is 56.0 Å². The zero-order chi connectivity index (χ0) is 15.1. The Morgan fingerprint density at radius 3 is 2.81 bits per heavy atom. The first kappa shape index (κ1) is 15.8. The third-order valence-electron chi connectivity index (χ3n) is 4.02. The summed E-state index contributed by atoms with van der Waals surface area (Å²) in [5.74, 6) is 1.52. The molecule has 4 heteroatoms. The predicted molar refractivity (Wildman–Crippen MR) is 84.5 cm³/mol. The number of likely N-dealkylation sites (tertiary alicyclic amines) is 1. The lowest BCUT2D eigenvalue weighted by molar-refractivity contribution is 0.0786. The Kier molecular flexibility index (Phi) is 6.05. The molecule has 0 saturated carbocycles. The fraction of sp³-hybridized carbons (Fsp3) is 0.588. The minimum atomic E-state index is 0.120. The van der Waals surface area contributed by atoms with Gasteiger partial charge in [-0.3, -0.25) is 4.79 Å². The van der Waals surface area contributed by atoms with Crippen LogP contribution in [-0.4, -0.2) is 37.0 Å². The van der Waals surface area contributed by atoms with Crippen molar-refractivity contribution in [3.8, 4) is 5.75 Å². The van der Waals surface area contributed by atoms with Gasteiger partial charge in [-0.25, -0.2) is 0 Å². The number of rotatable bonds is 7. The van der Waals surface area contributed by atoms with Crippen LogP contribution in [0.3, 0.4) is 0 Å². The summed E-state index contributed by atoms with van der Waals surface area (Å²) in [6.45, 7) is 5.26. The van der Waals surface area contributed by atoms with E-state index in [0.717, 1.165) is 56.7 Å². The largest absolute Gasteiger partial charge is 0.494 e. The highest BCUT2D eigenvalue weighted by molar-refractivity contribution is 5.94. The number of ether oxygens (including phenoxy) is 1. The third kappa shape index (κ3) is 4.46. The Morgan fingerprint density at radius 2 is 2.14 bits per heavy atom. The van der Waals surface area contributed by atoms with Gasteiger partial charge < -0.3 is 15.4 Å². The summed E-state index contributed by atoms with van der Waals surface area (Å²) < 4.78 is 5.62. The van der Waals surface area contributed by atoms with E-state index >= 15 is 0 Å². The molecule has 21 heavy (non-hydrogen) atoms. The van der Waals surface area contributed by atoms with Crippen LogP contribution in [0.25, 0.3) is 0 Å². The summed E-state index contributed by atoms with van der Waals surface area (Å²) in [5.41, 5.74) is 6.33. The van der Waals surface area contributed by atoms with Crippen LogP contribution in [0, 0.1) is 5.92 Å². The molecule has 1 aliphatic heterocycles. The molecule has 1 fully saturated rings. The highest BCUT2D eigenvalue weighted by Crippen LogP contribution is 2.22. The number of benzene rings is 1. The van der Waals surface area contributed by atoms with E-state index < -0.39 is 0 Å². The van der Waals surface area contributed by atoms with Gasteiger partial charge in [0.1, 0.15) is 5.75 Å². The smallest absolute Gasteiger partial charge is 0.253 e. The van der Waals surface area contributed by atoms with E-state index in [1.54, 1.807) is 0 Å². The van der Waals surface area contributed by atoms with E-state index in [9.17, 15) is 4.79 Å². The zero-order valence-electron chi connectivity index (χ0n) is 12.9. The zero-order valence-corrected chi connectivity index (χ0v) is 12.9. The van der Waals surface area contributed by atoms with Crippen molar-refractivity contribution in [1.29, 1.82) is 0 Å². The van der Waals surface area contributed by atoms with Crippen LogP contribution in [0.1, 0.15) is 43.0 Å². The summed E-state index contributed by atoms with van der Waals surface area (Å²) in [7, 11) is 0. The van der Waals surface area contributed by atoms with Crippen molar-refractivity contribution in [2.75, 3.05) is 26.2 Å². The fourth-order valence-corrected chi connectivity index (χ4v) is 2.70. The monoisotopic (exact) mass is 290 g/mol. The lowest BCUT2D eigenvalue weighted by Gasteiger charge is -2.16. The highest BCUT2D eigenvalue weighted by Gasteiger charge is 2.26. The van der Waals surface area contributed by atoms with E-state index in [-0.39, 0.29) is 5.91 Å². The molecule has 2 rings (SSSR count). The molecule has 0 aliphatic carbocycles. The molecule has 1 aromatic carbocycles. The van der Waals surface area contributed by atoms with Gasteiger partial charge in [-0.15, -0.1) is 0 Å². The maximum atomic E-state index is 12.4. The van der Waals surface area contributed by atoms with Crippen molar-refractivity contribution in [1.82, 2.24) is 4.90 Å². The molecule has 1 atom stereocenters. The number of nitrogens with zero attached hydrogens (tertiary/aromatic N) is 1. The maximum Gasteiger partial charge on any atom is 0.253 e. The van der Waals surface area contributed by atoms with E-state index in [1.807, 2.05) is 29.2 Å². The van der Waals surface area contributed by atoms with E-state index in [4.69, 9.17) is 10.5 Å². The second-order valence-electron chi connectivity index (χ2n) is 5.71. The van der Waals surface area contributed by atoms with Crippen LogP contribution in [0.4, 0.5) is 0 Å². The van der Waals surface area contributed by atoms with Gasteiger partial charge in [0.2, 0.25) is 0 Å². The van der Waals surface area contributed by atoms with Crippen LogP contribution in [0.5, 0.6) is 5.75 Å². The third-order valence-corrected chi connectivity index (χ3v) is 4.02. The Morgan fingerprint density at radius 1 is 1.38 bits per heavy atom. The second-order valence-corrected chi connectivity index (χ2v) is 5.71. The van der Waals surface area contributed by atoms with Gasteiger partial charge in [0.15, 0.2) is 0 Å². The number of carbonyl (C=O) groups is 1. The van der Waals surface area contributed by atoms with Crippen LogP contribution < -0.4 is 10.5 Å². The van der Waals surface area contributed by atoms with Gasteiger partial charge in [-0.2, -0.15) is 0 Å². The number of hydrogen-bond acceptors (Lipinski definition) is 3. The van der Waals surface area contributed by atoms with Gasteiger partial charge in [0.05, 0.1) is 6.61 Å². The summed E-state index contributed by atoms with van der Waals surface area (Å²) in [6, 6.07) is 7.49. The molecule has 1 amide bonds. The molecule has 0 spiro atoms. The van der Waals surface area contributed by atoms with Crippen molar-refractivity contribution in [2.24, 2.45) is 11.7 Å². The standard InChI is InChI=1S/C17H26N2O2/c1-2-3-12-21-16-6-4-15(5-7-16)17(20)19-11-9-14(13-19)8-10-18/h4-7,14H,2-3,8-13,18H2,1H3. The van der Waals surface area contributed by atoms with Crippen molar-refractivity contribution in [3.05, 3.63) is 29.8 Å². The van der Waals surface area contributed by atoms with Crippen LogP contribution >= 0.6 is 0 Å². The molecule has 116 valence electrons. The molecule has 2 N–H and O–H groups in total. The quantitative estimate of drug-likeness (QED) is 0.786. The number of nitrogens with two attached hydrogens (primary N) is 1. The van der Waals surface area contributed by atoms with Crippen molar-refractivity contribution >= 4 is 5.91 Å². The molecule has 4 nitrogen and oxygen atoms in total.